The Kier molecular flexibility index (Phi) is 10.6. The van der Waals surface area contributed by atoms with Crippen molar-refractivity contribution in [3.05, 3.63) is 53.6 Å². The second kappa shape index (κ2) is 12.9. The summed E-state index contributed by atoms with van der Waals surface area (Å²) in [4.78, 5) is 12.0. The molecule has 7 heteroatoms. The summed E-state index contributed by atoms with van der Waals surface area (Å²) in [6, 6.07) is 8.74. The first-order valence-corrected chi connectivity index (χ1v) is 14.1. The van der Waals surface area contributed by atoms with E-state index in [-0.39, 0.29) is 11.9 Å². The summed E-state index contributed by atoms with van der Waals surface area (Å²) in [7, 11) is -2.23. The number of allylic oxidation sites excluding steroid dienone is 1. The maximum atomic E-state index is 13.9. The fraction of sp³-hybridized carbons (Fsp3) is 0.464. The molecule has 0 saturated heterocycles. The number of hydrogen-bond donors (Lipinski definition) is 2. The van der Waals surface area contributed by atoms with E-state index in [2.05, 4.69) is 18.6 Å². The van der Waals surface area contributed by atoms with Gasteiger partial charge in [-0.2, -0.15) is 0 Å². The number of carbonyl (C=O) groups is 1. The van der Waals surface area contributed by atoms with E-state index in [4.69, 9.17) is 9.26 Å². The van der Waals surface area contributed by atoms with Crippen molar-refractivity contribution in [2.75, 3.05) is 13.3 Å². The van der Waals surface area contributed by atoms with E-state index in [0.717, 1.165) is 53.5 Å². The van der Waals surface area contributed by atoms with Gasteiger partial charge in [-0.3, -0.25) is 9.36 Å². The molecule has 0 fully saturated rings. The minimum absolute atomic E-state index is 0.0613. The summed E-state index contributed by atoms with van der Waals surface area (Å²) in [5, 5.41) is 14.1. The third-order valence-electron chi connectivity index (χ3n) is 5.82. The van der Waals surface area contributed by atoms with Crippen molar-refractivity contribution in [3.8, 4) is 22.6 Å². The van der Waals surface area contributed by atoms with E-state index < -0.39 is 19.5 Å². The van der Waals surface area contributed by atoms with Crippen LogP contribution in [0.4, 0.5) is 0 Å². The molecule has 2 atom stereocenters. The molecule has 35 heavy (non-hydrogen) atoms. The lowest BCUT2D eigenvalue weighted by molar-refractivity contribution is -0.142. The Morgan fingerprint density at radius 2 is 1.89 bits per heavy atom. The van der Waals surface area contributed by atoms with Gasteiger partial charge in [-0.25, -0.2) is 5.09 Å². The highest BCUT2D eigenvalue weighted by Gasteiger charge is 2.31. The number of phenols is 1. The van der Waals surface area contributed by atoms with E-state index >= 15 is 0 Å². The number of ether oxygens (including phenoxy) is 1. The van der Waals surface area contributed by atoms with Crippen molar-refractivity contribution in [1.29, 1.82) is 0 Å². The summed E-state index contributed by atoms with van der Waals surface area (Å²) in [6.45, 7) is 13.6. The van der Waals surface area contributed by atoms with Crippen LogP contribution in [0.1, 0.15) is 70.1 Å². The van der Waals surface area contributed by atoms with Crippen molar-refractivity contribution >= 4 is 19.1 Å². The van der Waals surface area contributed by atoms with Gasteiger partial charge in [-0.1, -0.05) is 62.6 Å². The zero-order chi connectivity index (χ0) is 26.2. The number of aryl methyl sites for hydroxylation is 2. The van der Waals surface area contributed by atoms with Gasteiger partial charge in [-0.05, 0) is 68.9 Å². The number of esters is 1. The maximum Gasteiger partial charge on any atom is 0.323 e. The minimum atomic E-state index is -3.52. The molecule has 2 N–H and O–H groups in total. The monoisotopic (exact) mass is 501 g/mol. The Hall–Kier alpha value is -2.56. The molecule has 0 saturated carbocycles. The van der Waals surface area contributed by atoms with Crippen LogP contribution in [0.5, 0.6) is 11.5 Å². The van der Waals surface area contributed by atoms with E-state index in [1.54, 1.807) is 13.0 Å². The van der Waals surface area contributed by atoms with Gasteiger partial charge < -0.3 is 14.4 Å². The number of benzene rings is 2. The van der Waals surface area contributed by atoms with Gasteiger partial charge in [-0.15, -0.1) is 0 Å². The lowest BCUT2D eigenvalue weighted by atomic mass is 9.91. The molecular formula is C28H40NO5P. The molecule has 2 aromatic carbocycles. The highest BCUT2D eigenvalue weighted by Crippen LogP contribution is 2.50. The smallest absolute Gasteiger partial charge is 0.323 e. The molecular weight excluding hydrogens is 461 g/mol. The molecule has 0 aliphatic rings. The number of phenolic OH excluding ortho intramolecular Hbond substituents is 1. The number of unbranched alkanes of at least 4 members (excludes halogenated alkanes) is 2. The average molecular weight is 502 g/mol. The normalized spacial score (nSPS) is 13.7. The molecule has 0 spiro atoms. The lowest BCUT2D eigenvalue weighted by Crippen LogP contribution is -2.34. The Morgan fingerprint density at radius 3 is 2.49 bits per heavy atom. The molecule has 6 nitrogen and oxygen atoms in total. The summed E-state index contributed by atoms with van der Waals surface area (Å²) in [5.74, 6) is -0.137. The van der Waals surface area contributed by atoms with Gasteiger partial charge in [0.1, 0.15) is 17.5 Å². The molecule has 0 aromatic heterocycles. The first-order valence-electron chi connectivity index (χ1n) is 12.3. The number of aromatic hydroxyl groups is 1. The number of methoxy groups -OCH3 is 1. The highest BCUT2D eigenvalue weighted by atomic mass is 31.2. The van der Waals surface area contributed by atoms with Gasteiger partial charge >= 0.3 is 13.5 Å². The van der Waals surface area contributed by atoms with Gasteiger partial charge in [0.25, 0.3) is 0 Å². The molecule has 2 aromatic rings. The fourth-order valence-corrected chi connectivity index (χ4v) is 6.09. The van der Waals surface area contributed by atoms with Crippen LogP contribution >= 0.6 is 7.52 Å². The predicted octanol–water partition coefficient (Wildman–Crippen LogP) is 7.27. The molecule has 0 aliphatic carbocycles. The summed E-state index contributed by atoms with van der Waals surface area (Å²) >= 11 is 0. The molecule has 192 valence electrons. The van der Waals surface area contributed by atoms with Crippen molar-refractivity contribution in [2.24, 2.45) is 0 Å². The van der Waals surface area contributed by atoms with Crippen LogP contribution in [0, 0.1) is 6.92 Å². The quantitative estimate of drug-likeness (QED) is 0.171. The van der Waals surface area contributed by atoms with Crippen molar-refractivity contribution < 1.29 is 23.7 Å². The first kappa shape index (κ1) is 28.7. The number of carbonyl (C=O) groups excluding carboxylic acids is 1. The van der Waals surface area contributed by atoms with Gasteiger partial charge in [0.2, 0.25) is 0 Å². The largest absolute Gasteiger partial charge is 0.507 e. The third-order valence-corrected chi connectivity index (χ3v) is 8.13. The third kappa shape index (κ3) is 7.71. The summed E-state index contributed by atoms with van der Waals surface area (Å²) < 4.78 is 25.0. The van der Waals surface area contributed by atoms with Crippen LogP contribution in [0.3, 0.4) is 0 Å². The standard InChI is InChI=1S/C28H40NO5P/c1-8-10-11-12-22-17-25(30)27(24-16-20(5)13-14-23(24)19(3)4)26(18-22)34-35(32,15-9-2)29-21(6)28(31)33-7/h13-14,16-18,21,30H,3,8-12,15H2,1-2,4-7H3,(H,29,32)/t21-,35?/m0/s1. The SMILES string of the molecule is C=C(C)c1ccc(C)cc1-c1c(O)cc(CCCCC)cc1OP(=O)(CCC)N[C@@H](C)C(=O)OC. The summed E-state index contributed by atoms with van der Waals surface area (Å²) in [6.07, 6.45) is 4.69. The number of rotatable bonds is 13. The van der Waals surface area contributed by atoms with Crippen molar-refractivity contribution in [2.45, 2.75) is 72.8 Å². The lowest BCUT2D eigenvalue weighted by Gasteiger charge is -2.25. The zero-order valence-electron chi connectivity index (χ0n) is 21.9. The molecule has 0 aliphatic heterocycles. The van der Waals surface area contributed by atoms with Crippen LogP contribution in [0.25, 0.3) is 16.7 Å². The molecule has 2 rings (SSSR count). The second-order valence-corrected chi connectivity index (χ2v) is 11.4. The molecule has 0 amide bonds. The van der Waals surface area contributed by atoms with Gasteiger partial charge in [0.15, 0.2) is 0 Å². The second-order valence-electron chi connectivity index (χ2n) is 9.14. The van der Waals surface area contributed by atoms with Crippen molar-refractivity contribution in [1.82, 2.24) is 5.09 Å². The minimum Gasteiger partial charge on any atom is -0.507 e. The molecule has 0 heterocycles. The molecule has 0 radical (unpaired) electrons. The first-order chi connectivity index (χ1) is 16.5. The van der Waals surface area contributed by atoms with E-state index in [1.165, 1.54) is 7.11 Å². The van der Waals surface area contributed by atoms with Crippen LogP contribution in [0.2, 0.25) is 0 Å². The number of nitrogens with one attached hydrogen (secondary N) is 1. The van der Waals surface area contributed by atoms with E-state index in [9.17, 15) is 14.5 Å². The van der Waals surface area contributed by atoms with Crippen LogP contribution in [-0.4, -0.2) is 30.4 Å². The Labute approximate surface area is 210 Å². The Morgan fingerprint density at radius 1 is 1.17 bits per heavy atom. The van der Waals surface area contributed by atoms with Gasteiger partial charge in [0, 0.05) is 6.16 Å². The molecule has 0 bridgehead atoms. The Balaban J connectivity index is 2.68. The fourth-order valence-electron chi connectivity index (χ4n) is 4.07. The Bertz CT molecular complexity index is 1090. The zero-order valence-corrected chi connectivity index (χ0v) is 22.8. The van der Waals surface area contributed by atoms with E-state index in [0.29, 0.717) is 17.7 Å². The van der Waals surface area contributed by atoms with Crippen LogP contribution in [-0.2, 0) is 20.5 Å². The number of hydrogen-bond acceptors (Lipinski definition) is 5. The average Bonchev–Trinajstić information content (AvgIpc) is 2.78. The van der Waals surface area contributed by atoms with Crippen molar-refractivity contribution in [3.63, 3.8) is 0 Å². The summed E-state index contributed by atoms with van der Waals surface area (Å²) in [5.41, 5.74) is 4.85. The highest BCUT2D eigenvalue weighted by molar-refractivity contribution is 7.57. The predicted molar refractivity (Wildman–Crippen MR) is 144 cm³/mol. The van der Waals surface area contributed by atoms with Crippen LogP contribution < -0.4 is 9.61 Å². The maximum absolute atomic E-state index is 13.9. The van der Waals surface area contributed by atoms with E-state index in [1.807, 2.05) is 45.0 Å². The van der Waals surface area contributed by atoms with Crippen LogP contribution in [0.15, 0.2) is 36.9 Å². The molecule has 1 unspecified atom stereocenters. The topological polar surface area (TPSA) is 84.9 Å². The van der Waals surface area contributed by atoms with Gasteiger partial charge in [0.05, 0.1) is 12.7 Å².